The first-order valence-corrected chi connectivity index (χ1v) is 10.2. The molecule has 158 valence electrons. The predicted octanol–water partition coefficient (Wildman–Crippen LogP) is 4.65. The average molecular weight is 391 g/mol. The molecule has 0 radical (unpaired) electrons. The molecule has 0 bridgehead atoms. The molecule has 0 aromatic heterocycles. The van der Waals surface area contributed by atoms with E-state index in [1.807, 2.05) is 18.2 Å². The van der Waals surface area contributed by atoms with Crippen LogP contribution in [0.3, 0.4) is 0 Å². The molecule has 0 aliphatic carbocycles. The van der Waals surface area contributed by atoms with E-state index in [-0.39, 0.29) is 5.92 Å². The van der Waals surface area contributed by atoms with Gasteiger partial charge in [-0.25, -0.2) is 0 Å². The highest BCUT2D eigenvalue weighted by Crippen LogP contribution is 2.40. The molecule has 5 nitrogen and oxygen atoms in total. The van der Waals surface area contributed by atoms with Gasteiger partial charge >= 0.3 is 0 Å². The first-order valence-electron chi connectivity index (χ1n) is 10.2. The molecule has 1 rings (SSSR count). The first kappa shape index (κ1) is 24.3. The Morgan fingerprint density at radius 2 is 1.79 bits per heavy atom. The first-order chi connectivity index (χ1) is 13.4. The number of methoxy groups -OCH3 is 3. The van der Waals surface area contributed by atoms with E-state index >= 15 is 0 Å². The van der Waals surface area contributed by atoms with Crippen LogP contribution in [0.15, 0.2) is 18.2 Å². The second kappa shape index (κ2) is 11.9. The Bertz CT molecular complexity index is 623. The van der Waals surface area contributed by atoms with Gasteiger partial charge in [-0.15, -0.1) is 0 Å². The highest BCUT2D eigenvalue weighted by Gasteiger charge is 2.36. The standard InChI is InChI=1S/C23H38N2O3/c1-8-20(26-5)12-15-25(4)14-9-13-23(17-24,18(2)3)19-10-11-21(27-6)22(16-19)28-7/h10-11,16,18,20H,8-9,12-15H2,1-7H3. The Morgan fingerprint density at radius 1 is 1.11 bits per heavy atom. The van der Waals surface area contributed by atoms with Crippen molar-refractivity contribution in [3.8, 4) is 17.6 Å². The normalized spacial score (nSPS) is 14.6. The summed E-state index contributed by atoms with van der Waals surface area (Å²) in [5.74, 6) is 1.55. The molecule has 5 heteroatoms. The molecule has 0 amide bonds. The van der Waals surface area contributed by atoms with Gasteiger partial charge in [0.25, 0.3) is 0 Å². The van der Waals surface area contributed by atoms with Gasteiger partial charge in [0.15, 0.2) is 11.5 Å². The zero-order valence-electron chi connectivity index (χ0n) is 18.7. The van der Waals surface area contributed by atoms with E-state index in [1.54, 1.807) is 21.3 Å². The van der Waals surface area contributed by atoms with E-state index < -0.39 is 5.41 Å². The van der Waals surface area contributed by atoms with E-state index in [0.717, 1.165) is 44.3 Å². The van der Waals surface area contributed by atoms with Crippen LogP contribution < -0.4 is 9.47 Å². The second-order valence-corrected chi connectivity index (χ2v) is 7.77. The van der Waals surface area contributed by atoms with Gasteiger partial charge in [0, 0.05) is 13.7 Å². The summed E-state index contributed by atoms with van der Waals surface area (Å²) in [6.07, 6.45) is 4.16. The van der Waals surface area contributed by atoms with E-state index in [1.165, 1.54) is 0 Å². The van der Waals surface area contributed by atoms with Crippen LogP contribution in [0.2, 0.25) is 0 Å². The number of hydrogen-bond acceptors (Lipinski definition) is 5. The van der Waals surface area contributed by atoms with Crippen molar-refractivity contribution < 1.29 is 14.2 Å². The number of nitriles is 1. The number of benzene rings is 1. The molecular formula is C23H38N2O3. The molecule has 0 aliphatic heterocycles. The summed E-state index contributed by atoms with van der Waals surface area (Å²) < 4.78 is 16.3. The third kappa shape index (κ3) is 6.12. The molecule has 0 saturated heterocycles. The fraction of sp³-hybridized carbons (Fsp3) is 0.696. The molecule has 0 saturated carbocycles. The van der Waals surface area contributed by atoms with Gasteiger partial charge in [0.2, 0.25) is 0 Å². The largest absolute Gasteiger partial charge is 0.493 e. The van der Waals surface area contributed by atoms with Crippen molar-refractivity contribution in [1.82, 2.24) is 4.90 Å². The Hall–Kier alpha value is -1.77. The SMILES string of the molecule is CCC(CCN(C)CCCC(C#N)(c1ccc(OC)c(OC)c1)C(C)C)OC. The zero-order chi connectivity index (χ0) is 21.2. The van der Waals surface area contributed by atoms with E-state index in [4.69, 9.17) is 14.2 Å². The van der Waals surface area contributed by atoms with Crippen LogP contribution >= 0.6 is 0 Å². The number of nitrogens with zero attached hydrogens (tertiary/aromatic N) is 2. The maximum atomic E-state index is 10.1. The van der Waals surface area contributed by atoms with Crippen LogP contribution in [-0.4, -0.2) is 52.5 Å². The van der Waals surface area contributed by atoms with E-state index in [9.17, 15) is 5.26 Å². The quantitative estimate of drug-likeness (QED) is 0.491. The minimum atomic E-state index is -0.543. The van der Waals surface area contributed by atoms with Gasteiger partial charge < -0.3 is 19.1 Å². The molecule has 2 atom stereocenters. The van der Waals surface area contributed by atoms with Crippen LogP contribution in [0.1, 0.15) is 52.0 Å². The number of hydrogen-bond donors (Lipinski definition) is 0. The molecule has 0 N–H and O–H groups in total. The maximum absolute atomic E-state index is 10.1. The van der Waals surface area contributed by atoms with Crippen molar-refractivity contribution in [3.63, 3.8) is 0 Å². The monoisotopic (exact) mass is 390 g/mol. The lowest BCUT2D eigenvalue weighted by atomic mass is 9.69. The van der Waals surface area contributed by atoms with Gasteiger partial charge in [0.1, 0.15) is 0 Å². The van der Waals surface area contributed by atoms with Gasteiger partial charge in [0.05, 0.1) is 31.8 Å². The Balaban J connectivity index is 2.85. The molecule has 0 spiro atoms. The summed E-state index contributed by atoms with van der Waals surface area (Å²) in [5, 5.41) is 10.1. The van der Waals surface area contributed by atoms with Gasteiger partial charge in [-0.1, -0.05) is 26.8 Å². The molecule has 2 unspecified atom stereocenters. The summed E-state index contributed by atoms with van der Waals surface area (Å²) in [5.41, 5.74) is 0.453. The summed E-state index contributed by atoms with van der Waals surface area (Å²) in [6.45, 7) is 8.36. The van der Waals surface area contributed by atoms with Crippen molar-refractivity contribution >= 4 is 0 Å². The molecule has 0 fully saturated rings. The van der Waals surface area contributed by atoms with Gasteiger partial charge in [-0.2, -0.15) is 5.26 Å². The van der Waals surface area contributed by atoms with Crippen molar-refractivity contribution in [2.45, 2.75) is 58.0 Å². The average Bonchev–Trinajstić information content (AvgIpc) is 2.71. The fourth-order valence-electron chi connectivity index (χ4n) is 3.72. The van der Waals surface area contributed by atoms with Crippen molar-refractivity contribution in [3.05, 3.63) is 23.8 Å². The molecule has 1 aromatic rings. The third-order valence-electron chi connectivity index (χ3n) is 5.82. The lowest BCUT2D eigenvalue weighted by Gasteiger charge is -2.32. The number of rotatable bonds is 13. The third-order valence-corrected chi connectivity index (χ3v) is 5.82. The van der Waals surface area contributed by atoms with Crippen molar-refractivity contribution in [2.24, 2.45) is 5.92 Å². The highest BCUT2D eigenvalue weighted by atomic mass is 16.5. The van der Waals surface area contributed by atoms with Crippen LogP contribution in [-0.2, 0) is 10.2 Å². The minimum absolute atomic E-state index is 0.193. The molecule has 0 heterocycles. The van der Waals surface area contributed by atoms with E-state index in [0.29, 0.717) is 17.6 Å². The smallest absolute Gasteiger partial charge is 0.161 e. The second-order valence-electron chi connectivity index (χ2n) is 7.77. The van der Waals surface area contributed by atoms with E-state index in [2.05, 4.69) is 38.8 Å². The topological polar surface area (TPSA) is 54.7 Å². The molecular weight excluding hydrogens is 352 g/mol. The van der Waals surface area contributed by atoms with Crippen LogP contribution in [0.5, 0.6) is 11.5 Å². The zero-order valence-corrected chi connectivity index (χ0v) is 18.7. The molecule has 28 heavy (non-hydrogen) atoms. The Morgan fingerprint density at radius 3 is 2.29 bits per heavy atom. The minimum Gasteiger partial charge on any atom is -0.493 e. The maximum Gasteiger partial charge on any atom is 0.161 e. The lowest BCUT2D eigenvalue weighted by Crippen LogP contribution is -2.33. The summed E-state index contributed by atoms with van der Waals surface area (Å²) >= 11 is 0. The Kier molecular flexibility index (Phi) is 10.3. The summed E-state index contributed by atoms with van der Waals surface area (Å²) in [7, 11) is 7.17. The van der Waals surface area contributed by atoms with Crippen molar-refractivity contribution in [2.75, 3.05) is 41.5 Å². The number of ether oxygens (including phenoxy) is 3. The lowest BCUT2D eigenvalue weighted by molar-refractivity contribution is 0.0828. The predicted molar refractivity (Wildman–Crippen MR) is 114 cm³/mol. The Labute approximate surface area is 171 Å². The molecule has 1 aromatic carbocycles. The van der Waals surface area contributed by atoms with Crippen LogP contribution in [0, 0.1) is 17.2 Å². The van der Waals surface area contributed by atoms with Crippen LogP contribution in [0.25, 0.3) is 0 Å². The van der Waals surface area contributed by atoms with Crippen molar-refractivity contribution in [1.29, 1.82) is 5.26 Å². The van der Waals surface area contributed by atoms with Gasteiger partial charge in [-0.3, -0.25) is 0 Å². The fourth-order valence-corrected chi connectivity index (χ4v) is 3.72. The highest BCUT2D eigenvalue weighted by molar-refractivity contribution is 5.47. The summed E-state index contributed by atoms with van der Waals surface area (Å²) in [6, 6.07) is 8.47. The molecule has 0 aliphatic rings. The van der Waals surface area contributed by atoms with Crippen LogP contribution in [0.4, 0.5) is 0 Å². The van der Waals surface area contributed by atoms with Gasteiger partial charge in [-0.05, 0) is 62.9 Å². The summed E-state index contributed by atoms with van der Waals surface area (Å²) in [4.78, 5) is 2.33.